The van der Waals surface area contributed by atoms with Crippen molar-refractivity contribution in [2.45, 2.75) is 32.9 Å². The van der Waals surface area contributed by atoms with Gasteiger partial charge in [-0.1, -0.05) is 19.9 Å². The molecule has 0 fully saturated rings. The van der Waals surface area contributed by atoms with Gasteiger partial charge in [-0.25, -0.2) is 0 Å². The summed E-state index contributed by atoms with van der Waals surface area (Å²) in [5.41, 5.74) is -1.07. The zero-order chi connectivity index (χ0) is 16.1. The third kappa shape index (κ3) is 5.75. The normalized spacial score (nSPS) is 12.3. The van der Waals surface area contributed by atoms with Gasteiger partial charge in [-0.3, -0.25) is 4.79 Å². The molecule has 1 rings (SSSR count). The van der Waals surface area contributed by atoms with Crippen LogP contribution < -0.4 is 5.32 Å². The van der Waals surface area contributed by atoms with Gasteiger partial charge in [0, 0.05) is 18.7 Å². The number of hydrogen-bond acceptors (Lipinski definition) is 2. The van der Waals surface area contributed by atoms with E-state index in [1.807, 2.05) is 13.8 Å². The third-order valence-electron chi connectivity index (χ3n) is 3.20. The van der Waals surface area contributed by atoms with Crippen LogP contribution in [0.1, 0.15) is 42.6 Å². The zero-order valence-corrected chi connectivity index (χ0v) is 12.1. The van der Waals surface area contributed by atoms with Crippen LogP contribution in [0.3, 0.4) is 0 Å². The van der Waals surface area contributed by atoms with E-state index in [1.165, 1.54) is 12.1 Å². The summed E-state index contributed by atoms with van der Waals surface area (Å²) in [6.07, 6.45) is -3.09. The minimum atomic E-state index is -4.46. The summed E-state index contributed by atoms with van der Waals surface area (Å²) in [6.45, 7) is 4.22. The Labute approximate surface area is 122 Å². The molecule has 6 heteroatoms. The Kier molecular flexibility index (Phi) is 5.78. The highest BCUT2D eigenvalue weighted by atomic mass is 19.4. The quantitative estimate of drug-likeness (QED) is 0.793. The molecule has 0 aliphatic carbocycles. The van der Waals surface area contributed by atoms with Crippen molar-refractivity contribution < 1.29 is 23.1 Å². The number of benzene rings is 1. The molecule has 0 spiro atoms. The van der Waals surface area contributed by atoms with Crippen molar-refractivity contribution in [2.75, 3.05) is 13.2 Å². The van der Waals surface area contributed by atoms with Gasteiger partial charge in [0.25, 0.3) is 5.91 Å². The van der Waals surface area contributed by atoms with Crippen LogP contribution in [0.4, 0.5) is 13.2 Å². The molecule has 0 aromatic heterocycles. The summed E-state index contributed by atoms with van der Waals surface area (Å²) in [5.74, 6) is -0.525. The average Bonchev–Trinajstić information content (AvgIpc) is 2.42. The maximum absolute atomic E-state index is 12.6. The lowest BCUT2D eigenvalue weighted by molar-refractivity contribution is -0.137. The topological polar surface area (TPSA) is 49.3 Å². The Morgan fingerprint density at radius 2 is 1.95 bits per heavy atom. The van der Waals surface area contributed by atoms with E-state index in [0.717, 1.165) is 12.1 Å². The highest BCUT2D eigenvalue weighted by molar-refractivity contribution is 5.94. The first-order chi connectivity index (χ1) is 9.65. The number of aliphatic hydroxyl groups is 1. The van der Waals surface area contributed by atoms with E-state index in [0.29, 0.717) is 19.4 Å². The van der Waals surface area contributed by atoms with Gasteiger partial charge in [0.15, 0.2) is 0 Å². The van der Waals surface area contributed by atoms with Crippen LogP contribution in [0.15, 0.2) is 24.3 Å². The van der Waals surface area contributed by atoms with Gasteiger partial charge in [-0.05, 0) is 36.5 Å². The van der Waals surface area contributed by atoms with E-state index in [4.69, 9.17) is 5.11 Å². The first kappa shape index (κ1) is 17.5. The molecule has 0 unspecified atom stereocenters. The van der Waals surface area contributed by atoms with Gasteiger partial charge in [0.2, 0.25) is 0 Å². The van der Waals surface area contributed by atoms with Crippen molar-refractivity contribution in [3.05, 3.63) is 35.4 Å². The molecule has 0 heterocycles. The van der Waals surface area contributed by atoms with E-state index >= 15 is 0 Å². The zero-order valence-electron chi connectivity index (χ0n) is 12.1. The number of nitrogens with one attached hydrogen (secondary N) is 1. The molecule has 0 bridgehead atoms. The van der Waals surface area contributed by atoms with Gasteiger partial charge in [0.1, 0.15) is 0 Å². The van der Waals surface area contributed by atoms with Crippen molar-refractivity contribution in [3.8, 4) is 0 Å². The molecule has 3 nitrogen and oxygen atoms in total. The van der Waals surface area contributed by atoms with Crippen LogP contribution in [0.2, 0.25) is 0 Å². The minimum absolute atomic E-state index is 0.00811. The molecule has 0 aliphatic rings. The molecule has 0 saturated carbocycles. The van der Waals surface area contributed by atoms with Crippen LogP contribution >= 0.6 is 0 Å². The average molecular weight is 303 g/mol. The maximum Gasteiger partial charge on any atom is 0.416 e. The molecule has 2 N–H and O–H groups in total. The van der Waals surface area contributed by atoms with Crippen LogP contribution in [-0.4, -0.2) is 24.2 Å². The smallest absolute Gasteiger partial charge is 0.396 e. The second-order valence-corrected chi connectivity index (χ2v) is 5.76. The van der Waals surface area contributed by atoms with E-state index in [-0.39, 0.29) is 17.6 Å². The second-order valence-electron chi connectivity index (χ2n) is 5.76. The Balaban J connectivity index is 2.53. The highest BCUT2D eigenvalue weighted by Gasteiger charge is 2.30. The molecule has 0 atom stereocenters. The number of carbonyl (C=O) groups excluding carboxylic acids is 1. The first-order valence-electron chi connectivity index (χ1n) is 6.72. The summed E-state index contributed by atoms with van der Waals surface area (Å²) in [7, 11) is 0. The summed E-state index contributed by atoms with van der Waals surface area (Å²) in [4.78, 5) is 11.8. The van der Waals surface area contributed by atoms with Crippen LogP contribution in [0.25, 0.3) is 0 Å². The molecule has 1 aromatic rings. The lowest BCUT2D eigenvalue weighted by Crippen LogP contribution is -2.26. The molecule has 1 aromatic carbocycles. The molecular formula is C15H20F3NO2. The molecule has 0 aliphatic heterocycles. The Hall–Kier alpha value is -1.56. The van der Waals surface area contributed by atoms with Gasteiger partial charge in [-0.15, -0.1) is 0 Å². The third-order valence-corrected chi connectivity index (χ3v) is 3.20. The van der Waals surface area contributed by atoms with Gasteiger partial charge >= 0.3 is 6.18 Å². The number of halogens is 3. The summed E-state index contributed by atoms with van der Waals surface area (Å²) >= 11 is 0. The standard InChI is InChI=1S/C15H20F3NO2/c1-14(2,10-20)7-4-8-19-13(21)11-5-3-6-12(9-11)15(16,17)18/h3,5-6,9,20H,4,7-8,10H2,1-2H3,(H,19,21). The number of aliphatic hydroxyl groups excluding tert-OH is 1. The number of hydrogen-bond donors (Lipinski definition) is 2. The SMILES string of the molecule is CC(C)(CO)CCCNC(=O)c1cccc(C(F)(F)F)c1. The van der Waals surface area contributed by atoms with Crippen molar-refractivity contribution in [2.24, 2.45) is 5.41 Å². The number of carbonyl (C=O) groups is 1. The number of rotatable bonds is 6. The highest BCUT2D eigenvalue weighted by Crippen LogP contribution is 2.29. The van der Waals surface area contributed by atoms with E-state index in [2.05, 4.69) is 5.32 Å². The fourth-order valence-corrected chi connectivity index (χ4v) is 1.79. The predicted octanol–water partition coefficient (Wildman–Crippen LogP) is 3.23. The number of amides is 1. The Morgan fingerprint density at radius 3 is 2.52 bits per heavy atom. The largest absolute Gasteiger partial charge is 0.416 e. The lowest BCUT2D eigenvalue weighted by Gasteiger charge is -2.21. The molecule has 0 radical (unpaired) electrons. The van der Waals surface area contributed by atoms with Crippen molar-refractivity contribution >= 4 is 5.91 Å². The van der Waals surface area contributed by atoms with Gasteiger partial charge in [-0.2, -0.15) is 13.2 Å². The molecule has 118 valence electrons. The van der Waals surface area contributed by atoms with E-state index < -0.39 is 17.6 Å². The van der Waals surface area contributed by atoms with Gasteiger partial charge < -0.3 is 10.4 Å². The van der Waals surface area contributed by atoms with Crippen LogP contribution in [0, 0.1) is 5.41 Å². The molecule has 1 amide bonds. The van der Waals surface area contributed by atoms with Crippen LogP contribution in [-0.2, 0) is 6.18 Å². The van der Waals surface area contributed by atoms with Crippen molar-refractivity contribution in [3.63, 3.8) is 0 Å². The van der Waals surface area contributed by atoms with Crippen LogP contribution in [0.5, 0.6) is 0 Å². The van der Waals surface area contributed by atoms with Crippen molar-refractivity contribution in [1.29, 1.82) is 0 Å². The Bertz CT molecular complexity index is 484. The number of alkyl halides is 3. The summed E-state index contributed by atoms with van der Waals surface area (Å²) < 4.78 is 37.7. The minimum Gasteiger partial charge on any atom is -0.396 e. The fourth-order valence-electron chi connectivity index (χ4n) is 1.79. The van der Waals surface area contributed by atoms with Gasteiger partial charge in [0.05, 0.1) is 5.56 Å². The fraction of sp³-hybridized carbons (Fsp3) is 0.533. The summed E-state index contributed by atoms with van der Waals surface area (Å²) in [6, 6.07) is 4.34. The Morgan fingerprint density at radius 1 is 1.29 bits per heavy atom. The predicted molar refractivity (Wildman–Crippen MR) is 73.9 cm³/mol. The maximum atomic E-state index is 12.6. The van der Waals surface area contributed by atoms with E-state index in [9.17, 15) is 18.0 Å². The molecule has 0 saturated heterocycles. The lowest BCUT2D eigenvalue weighted by atomic mass is 9.89. The second kappa shape index (κ2) is 6.93. The summed E-state index contributed by atoms with van der Waals surface area (Å²) in [5, 5.41) is 11.7. The molecular weight excluding hydrogens is 283 g/mol. The first-order valence-corrected chi connectivity index (χ1v) is 6.72. The molecule has 21 heavy (non-hydrogen) atoms. The monoisotopic (exact) mass is 303 g/mol. The van der Waals surface area contributed by atoms with E-state index in [1.54, 1.807) is 0 Å². The van der Waals surface area contributed by atoms with Crippen molar-refractivity contribution in [1.82, 2.24) is 5.32 Å².